The fourth-order valence-corrected chi connectivity index (χ4v) is 2.58. The number of ketones is 1. The molecule has 0 aliphatic rings. The number of nitrogen functional groups attached to an aromatic ring is 1. The summed E-state index contributed by atoms with van der Waals surface area (Å²) >= 11 is 0. The topological polar surface area (TPSA) is 137 Å². The van der Waals surface area contributed by atoms with Crippen molar-refractivity contribution in [1.29, 1.82) is 0 Å². The highest BCUT2D eigenvalue weighted by atomic mass is 19.1. The molecule has 1 heterocycles. The third kappa shape index (κ3) is 4.79. The monoisotopic (exact) mass is 412 g/mol. The minimum atomic E-state index is -1.17. The molecule has 1 aromatic heterocycles. The van der Waals surface area contributed by atoms with E-state index in [0.717, 1.165) is 0 Å². The van der Waals surface area contributed by atoms with Gasteiger partial charge in [-0.25, -0.2) is 9.07 Å². The van der Waals surface area contributed by atoms with Crippen molar-refractivity contribution < 1.29 is 28.6 Å². The lowest BCUT2D eigenvalue weighted by Gasteiger charge is -2.08. The lowest BCUT2D eigenvalue weighted by atomic mass is 10.1. The zero-order valence-corrected chi connectivity index (χ0v) is 15.5. The summed E-state index contributed by atoms with van der Waals surface area (Å²) in [7, 11) is 0. The number of hydrogen-bond acceptors (Lipinski definition) is 6. The van der Waals surface area contributed by atoms with E-state index < -0.39 is 36.6 Å². The zero-order valence-electron chi connectivity index (χ0n) is 15.5. The van der Waals surface area contributed by atoms with Gasteiger partial charge < -0.3 is 20.9 Å². The third-order valence-electron chi connectivity index (χ3n) is 4.03. The second-order valence-corrected chi connectivity index (χ2v) is 6.15. The van der Waals surface area contributed by atoms with E-state index in [0.29, 0.717) is 5.69 Å². The Balaban J connectivity index is 1.73. The number of nitrogens with two attached hydrogens (primary N) is 1. The molecule has 10 heteroatoms. The number of carbonyl (C=O) groups is 3. The van der Waals surface area contributed by atoms with Gasteiger partial charge in [0, 0.05) is 5.56 Å². The van der Waals surface area contributed by atoms with E-state index in [1.165, 1.54) is 41.2 Å². The Bertz CT molecular complexity index is 1090. The predicted molar refractivity (Wildman–Crippen MR) is 104 cm³/mol. The molecule has 1 amide bonds. The molecular formula is C20H17FN4O5. The lowest BCUT2D eigenvalue weighted by Crippen LogP contribution is -2.33. The summed E-state index contributed by atoms with van der Waals surface area (Å²) in [6.45, 7) is -0.923. The molecule has 0 atom stereocenters. The molecule has 0 unspecified atom stereocenters. The molecule has 3 rings (SSSR count). The highest BCUT2D eigenvalue weighted by Crippen LogP contribution is 2.22. The van der Waals surface area contributed by atoms with Crippen molar-refractivity contribution in [3.05, 3.63) is 71.7 Å². The second-order valence-electron chi connectivity index (χ2n) is 6.15. The highest BCUT2D eigenvalue weighted by molar-refractivity contribution is 6.11. The summed E-state index contributed by atoms with van der Waals surface area (Å²) < 4.78 is 19.7. The quantitative estimate of drug-likeness (QED) is 0.476. The summed E-state index contributed by atoms with van der Waals surface area (Å²) in [6, 6.07) is 11.6. The number of hydrogen-bond donors (Lipinski definition) is 3. The number of aliphatic carboxylic acids is 1. The molecule has 2 aromatic carbocycles. The van der Waals surface area contributed by atoms with Crippen molar-refractivity contribution in [2.75, 3.05) is 18.9 Å². The number of amides is 1. The average Bonchev–Trinajstić information content (AvgIpc) is 3.12. The van der Waals surface area contributed by atoms with Gasteiger partial charge >= 0.3 is 5.97 Å². The number of carboxylic acid groups (broad SMARTS) is 1. The third-order valence-corrected chi connectivity index (χ3v) is 4.03. The summed E-state index contributed by atoms with van der Waals surface area (Å²) in [5, 5.41) is 14.8. The second kappa shape index (κ2) is 8.86. The Morgan fingerprint density at radius 3 is 2.60 bits per heavy atom. The molecule has 0 aliphatic carbocycles. The Morgan fingerprint density at radius 1 is 1.17 bits per heavy atom. The summed E-state index contributed by atoms with van der Waals surface area (Å²) in [6.07, 6.45) is 1.31. The minimum Gasteiger partial charge on any atom is -0.484 e. The maximum Gasteiger partial charge on any atom is 0.322 e. The van der Waals surface area contributed by atoms with Gasteiger partial charge in [0.15, 0.2) is 12.4 Å². The van der Waals surface area contributed by atoms with E-state index >= 15 is 0 Å². The van der Waals surface area contributed by atoms with Crippen LogP contribution in [0.25, 0.3) is 5.69 Å². The maximum atomic E-state index is 13.1. The van der Waals surface area contributed by atoms with E-state index in [4.69, 9.17) is 15.6 Å². The Kier molecular flexibility index (Phi) is 6.06. The zero-order chi connectivity index (χ0) is 21.7. The van der Waals surface area contributed by atoms with Gasteiger partial charge in [-0.2, -0.15) is 5.10 Å². The van der Waals surface area contributed by atoms with E-state index in [1.54, 1.807) is 18.2 Å². The van der Waals surface area contributed by atoms with Gasteiger partial charge in [0.1, 0.15) is 23.9 Å². The van der Waals surface area contributed by atoms with Crippen LogP contribution in [0.2, 0.25) is 0 Å². The van der Waals surface area contributed by atoms with Crippen molar-refractivity contribution >= 4 is 23.5 Å². The van der Waals surface area contributed by atoms with Crippen LogP contribution >= 0.6 is 0 Å². The summed E-state index contributed by atoms with van der Waals surface area (Å²) in [5.41, 5.74) is 6.96. The molecule has 4 N–H and O–H groups in total. The molecule has 9 nitrogen and oxygen atoms in total. The maximum absolute atomic E-state index is 13.1. The van der Waals surface area contributed by atoms with Crippen LogP contribution in [0.5, 0.6) is 5.75 Å². The first-order valence-electron chi connectivity index (χ1n) is 8.70. The number of nitrogens with zero attached hydrogens (tertiary/aromatic N) is 2. The molecule has 0 bridgehead atoms. The highest BCUT2D eigenvalue weighted by Gasteiger charge is 2.18. The van der Waals surface area contributed by atoms with Gasteiger partial charge in [0.05, 0.1) is 17.4 Å². The van der Waals surface area contributed by atoms with Crippen LogP contribution in [0.3, 0.4) is 0 Å². The minimum absolute atomic E-state index is 0.0889. The lowest BCUT2D eigenvalue weighted by molar-refractivity contribution is -0.138. The molecule has 0 saturated carbocycles. The smallest absolute Gasteiger partial charge is 0.322 e. The van der Waals surface area contributed by atoms with Crippen molar-refractivity contribution in [3.8, 4) is 11.4 Å². The largest absolute Gasteiger partial charge is 0.484 e. The van der Waals surface area contributed by atoms with E-state index in [2.05, 4.69) is 10.4 Å². The Labute approximate surface area is 169 Å². The molecule has 0 spiro atoms. The van der Waals surface area contributed by atoms with Gasteiger partial charge in [-0.1, -0.05) is 12.1 Å². The number of benzene rings is 2. The number of aromatic nitrogens is 2. The number of carbonyl (C=O) groups excluding carboxylic acids is 2. The van der Waals surface area contributed by atoms with Gasteiger partial charge in [-0.15, -0.1) is 0 Å². The molecular weight excluding hydrogens is 395 g/mol. The Morgan fingerprint density at radius 2 is 1.90 bits per heavy atom. The summed E-state index contributed by atoms with van der Waals surface area (Å²) in [4.78, 5) is 34.8. The number of anilines is 1. The van der Waals surface area contributed by atoms with Gasteiger partial charge in [-0.05, 0) is 36.4 Å². The molecule has 154 valence electrons. The molecule has 30 heavy (non-hydrogen) atoms. The van der Waals surface area contributed by atoms with Crippen LogP contribution in [0.4, 0.5) is 10.2 Å². The van der Waals surface area contributed by atoms with Crippen LogP contribution in [-0.4, -0.2) is 45.7 Å². The van der Waals surface area contributed by atoms with Crippen molar-refractivity contribution in [2.24, 2.45) is 0 Å². The van der Waals surface area contributed by atoms with Crippen molar-refractivity contribution in [2.45, 2.75) is 0 Å². The van der Waals surface area contributed by atoms with Crippen LogP contribution < -0.4 is 15.8 Å². The standard InChI is InChI=1S/C20H17FN4O5/c21-13-4-6-14(7-5-13)25-20(22)16(9-24-25)19(29)12-2-1-3-15(8-12)30-11-17(26)23-10-18(27)28/h1-9H,10-11,22H2,(H,23,26)(H,27,28). The number of nitrogens with one attached hydrogen (secondary N) is 1. The van der Waals surface area contributed by atoms with Gasteiger partial charge in [0.25, 0.3) is 5.91 Å². The first-order valence-corrected chi connectivity index (χ1v) is 8.70. The number of carboxylic acids is 1. The van der Waals surface area contributed by atoms with Crippen molar-refractivity contribution in [1.82, 2.24) is 15.1 Å². The average molecular weight is 412 g/mol. The van der Waals surface area contributed by atoms with E-state index in [-0.39, 0.29) is 22.7 Å². The Hall–Kier alpha value is -4.21. The molecule has 3 aromatic rings. The first-order chi connectivity index (χ1) is 14.3. The SMILES string of the molecule is Nc1c(C(=O)c2cccc(OCC(=O)NCC(=O)O)c2)cnn1-c1ccc(F)cc1. The van der Waals surface area contributed by atoms with Gasteiger partial charge in [0.2, 0.25) is 0 Å². The molecule has 0 radical (unpaired) electrons. The van der Waals surface area contributed by atoms with E-state index in [1.807, 2.05) is 0 Å². The van der Waals surface area contributed by atoms with Crippen LogP contribution in [-0.2, 0) is 9.59 Å². The van der Waals surface area contributed by atoms with Crippen LogP contribution in [0, 0.1) is 5.82 Å². The van der Waals surface area contributed by atoms with E-state index in [9.17, 15) is 18.8 Å². The fraction of sp³-hybridized carbons (Fsp3) is 0.100. The molecule has 0 saturated heterocycles. The van der Waals surface area contributed by atoms with Gasteiger partial charge in [-0.3, -0.25) is 14.4 Å². The number of halogens is 1. The number of rotatable bonds is 8. The molecule has 0 aliphatic heterocycles. The molecule has 0 fully saturated rings. The van der Waals surface area contributed by atoms with Crippen LogP contribution in [0.15, 0.2) is 54.7 Å². The predicted octanol–water partition coefficient (Wildman–Crippen LogP) is 1.40. The number of ether oxygens (including phenoxy) is 1. The normalized spacial score (nSPS) is 10.4. The van der Waals surface area contributed by atoms with Crippen LogP contribution in [0.1, 0.15) is 15.9 Å². The fourth-order valence-electron chi connectivity index (χ4n) is 2.58. The first kappa shape index (κ1) is 20.5. The van der Waals surface area contributed by atoms with Crippen molar-refractivity contribution in [3.63, 3.8) is 0 Å². The summed E-state index contributed by atoms with van der Waals surface area (Å²) in [5.74, 6) is -2.27.